The first-order valence-electron chi connectivity index (χ1n) is 6.16. The SMILES string of the molecule is NCc1cccc2nnc(C3CCCCN3)n12. The number of nitrogens with two attached hydrogens (primary N) is 1. The molecular formula is C12H17N5. The number of aromatic nitrogens is 3. The van der Waals surface area contributed by atoms with E-state index in [1.807, 2.05) is 18.2 Å². The predicted octanol–water partition coefficient (Wildman–Crippen LogP) is 1.00. The van der Waals surface area contributed by atoms with Gasteiger partial charge in [-0.15, -0.1) is 10.2 Å². The maximum atomic E-state index is 5.78. The van der Waals surface area contributed by atoms with Crippen LogP contribution < -0.4 is 11.1 Å². The molecular weight excluding hydrogens is 214 g/mol. The number of hydrogen-bond donors (Lipinski definition) is 2. The summed E-state index contributed by atoms with van der Waals surface area (Å²) < 4.78 is 2.09. The molecule has 1 fully saturated rings. The first-order valence-corrected chi connectivity index (χ1v) is 6.16. The van der Waals surface area contributed by atoms with Crippen LogP contribution in [0.3, 0.4) is 0 Å². The number of piperidine rings is 1. The summed E-state index contributed by atoms with van der Waals surface area (Å²) in [6, 6.07) is 6.29. The second-order valence-corrected chi connectivity index (χ2v) is 4.48. The van der Waals surface area contributed by atoms with E-state index in [0.29, 0.717) is 12.6 Å². The van der Waals surface area contributed by atoms with E-state index in [1.54, 1.807) is 0 Å². The molecule has 1 aliphatic rings. The highest BCUT2D eigenvalue weighted by molar-refractivity contribution is 5.40. The smallest absolute Gasteiger partial charge is 0.161 e. The fourth-order valence-corrected chi connectivity index (χ4v) is 2.49. The fraction of sp³-hybridized carbons (Fsp3) is 0.500. The number of rotatable bonds is 2. The minimum atomic E-state index is 0.312. The van der Waals surface area contributed by atoms with Crippen LogP contribution in [-0.2, 0) is 6.54 Å². The highest BCUT2D eigenvalue weighted by atomic mass is 15.3. The lowest BCUT2D eigenvalue weighted by atomic mass is 10.0. The normalized spacial score (nSPS) is 20.9. The molecule has 2 aromatic rings. The van der Waals surface area contributed by atoms with Gasteiger partial charge < -0.3 is 11.1 Å². The molecule has 0 radical (unpaired) electrons. The molecule has 3 N–H and O–H groups in total. The van der Waals surface area contributed by atoms with Gasteiger partial charge in [0, 0.05) is 12.2 Å². The Bertz CT molecular complexity index is 513. The van der Waals surface area contributed by atoms with Crippen LogP contribution in [0, 0.1) is 0 Å². The van der Waals surface area contributed by atoms with Crippen molar-refractivity contribution in [3.63, 3.8) is 0 Å². The van der Waals surface area contributed by atoms with Crippen molar-refractivity contribution in [1.29, 1.82) is 0 Å². The fourth-order valence-electron chi connectivity index (χ4n) is 2.49. The molecule has 3 rings (SSSR count). The lowest BCUT2D eigenvalue weighted by molar-refractivity contribution is 0.394. The highest BCUT2D eigenvalue weighted by Crippen LogP contribution is 2.22. The maximum absolute atomic E-state index is 5.78. The summed E-state index contributed by atoms with van der Waals surface area (Å²) >= 11 is 0. The minimum Gasteiger partial charge on any atom is -0.325 e. The van der Waals surface area contributed by atoms with Crippen LogP contribution in [0.25, 0.3) is 5.65 Å². The summed E-state index contributed by atoms with van der Waals surface area (Å²) in [5.74, 6) is 1.00. The van der Waals surface area contributed by atoms with Crippen molar-refractivity contribution < 1.29 is 0 Å². The number of hydrogen-bond acceptors (Lipinski definition) is 4. The van der Waals surface area contributed by atoms with Crippen LogP contribution in [0.4, 0.5) is 0 Å². The third kappa shape index (κ3) is 1.81. The number of nitrogens with one attached hydrogen (secondary N) is 1. The number of fused-ring (bicyclic) bond motifs is 1. The average Bonchev–Trinajstić information content (AvgIpc) is 2.83. The Hall–Kier alpha value is -1.46. The standard InChI is InChI=1S/C12H17N5/c13-8-9-4-3-6-11-15-16-12(17(9)11)10-5-1-2-7-14-10/h3-4,6,10,14H,1-2,5,7-8,13H2. The van der Waals surface area contributed by atoms with E-state index in [-0.39, 0.29) is 0 Å². The van der Waals surface area contributed by atoms with Crippen molar-refractivity contribution >= 4 is 5.65 Å². The van der Waals surface area contributed by atoms with Gasteiger partial charge in [0.05, 0.1) is 6.04 Å². The Morgan fingerprint density at radius 3 is 3.06 bits per heavy atom. The molecule has 0 saturated carbocycles. The van der Waals surface area contributed by atoms with Crippen LogP contribution in [0.1, 0.15) is 36.8 Å². The van der Waals surface area contributed by atoms with Gasteiger partial charge in [-0.2, -0.15) is 0 Å². The van der Waals surface area contributed by atoms with Crippen molar-refractivity contribution in [3.8, 4) is 0 Å². The lowest BCUT2D eigenvalue weighted by Gasteiger charge is -2.22. The zero-order valence-corrected chi connectivity index (χ0v) is 9.76. The molecule has 0 aliphatic carbocycles. The van der Waals surface area contributed by atoms with E-state index in [2.05, 4.69) is 19.9 Å². The molecule has 0 spiro atoms. The summed E-state index contributed by atoms with van der Waals surface area (Å²) in [4.78, 5) is 0. The summed E-state index contributed by atoms with van der Waals surface area (Å²) in [7, 11) is 0. The molecule has 17 heavy (non-hydrogen) atoms. The zero-order valence-electron chi connectivity index (χ0n) is 9.76. The van der Waals surface area contributed by atoms with E-state index < -0.39 is 0 Å². The molecule has 1 unspecified atom stereocenters. The second-order valence-electron chi connectivity index (χ2n) is 4.48. The van der Waals surface area contributed by atoms with E-state index in [4.69, 9.17) is 5.73 Å². The Kier molecular flexibility index (Phi) is 2.78. The Labute approximate surface area is 100 Å². The molecule has 1 aliphatic heterocycles. The summed E-state index contributed by atoms with van der Waals surface area (Å²) in [5, 5.41) is 12.0. The Morgan fingerprint density at radius 1 is 1.35 bits per heavy atom. The summed E-state index contributed by atoms with van der Waals surface area (Å²) in [6.45, 7) is 1.57. The average molecular weight is 231 g/mol. The molecule has 2 aromatic heterocycles. The third-order valence-corrected chi connectivity index (χ3v) is 3.37. The van der Waals surface area contributed by atoms with Gasteiger partial charge in [0.2, 0.25) is 0 Å². The zero-order chi connectivity index (χ0) is 11.7. The molecule has 0 amide bonds. The predicted molar refractivity (Wildman–Crippen MR) is 65.5 cm³/mol. The Balaban J connectivity index is 2.09. The second kappa shape index (κ2) is 4.43. The van der Waals surface area contributed by atoms with Gasteiger partial charge >= 0.3 is 0 Å². The molecule has 3 heterocycles. The molecule has 5 heteroatoms. The molecule has 0 bridgehead atoms. The van der Waals surface area contributed by atoms with Gasteiger partial charge in [0.1, 0.15) is 0 Å². The molecule has 90 valence electrons. The van der Waals surface area contributed by atoms with Crippen molar-refractivity contribution in [3.05, 3.63) is 29.7 Å². The summed E-state index contributed by atoms with van der Waals surface area (Å²) in [5.41, 5.74) is 7.73. The maximum Gasteiger partial charge on any atom is 0.161 e. The molecule has 1 saturated heterocycles. The van der Waals surface area contributed by atoms with Gasteiger partial charge in [-0.25, -0.2) is 0 Å². The molecule has 1 atom stereocenters. The largest absolute Gasteiger partial charge is 0.325 e. The quantitative estimate of drug-likeness (QED) is 0.809. The van der Waals surface area contributed by atoms with Crippen molar-refractivity contribution in [2.45, 2.75) is 31.8 Å². The number of pyridine rings is 1. The lowest BCUT2D eigenvalue weighted by Crippen LogP contribution is -2.28. The van der Waals surface area contributed by atoms with Crippen molar-refractivity contribution in [1.82, 2.24) is 19.9 Å². The molecule has 0 aromatic carbocycles. The van der Waals surface area contributed by atoms with Gasteiger partial charge in [-0.05, 0) is 31.5 Å². The van der Waals surface area contributed by atoms with Crippen LogP contribution in [-0.4, -0.2) is 21.1 Å². The third-order valence-electron chi connectivity index (χ3n) is 3.37. The van der Waals surface area contributed by atoms with Crippen LogP contribution >= 0.6 is 0 Å². The molecule has 5 nitrogen and oxygen atoms in total. The van der Waals surface area contributed by atoms with E-state index in [9.17, 15) is 0 Å². The minimum absolute atomic E-state index is 0.312. The van der Waals surface area contributed by atoms with Gasteiger partial charge in [-0.1, -0.05) is 12.5 Å². The number of nitrogens with zero attached hydrogens (tertiary/aromatic N) is 3. The van der Waals surface area contributed by atoms with E-state index >= 15 is 0 Å². The van der Waals surface area contributed by atoms with Crippen LogP contribution in [0.15, 0.2) is 18.2 Å². The first kappa shape index (κ1) is 10.7. The van der Waals surface area contributed by atoms with E-state index in [0.717, 1.165) is 30.1 Å². The van der Waals surface area contributed by atoms with Crippen LogP contribution in [0.2, 0.25) is 0 Å². The van der Waals surface area contributed by atoms with Gasteiger partial charge in [-0.3, -0.25) is 4.40 Å². The topological polar surface area (TPSA) is 68.2 Å². The monoisotopic (exact) mass is 231 g/mol. The van der Waals surface area contributed by atoms with Crippen molar-refractivity contribution in [2.24, 2.45) is 5.73 Å². The van der Waals surface area contributed by atoms with E-state index in [1.165, 1.54) is 12.8 Å². The van der Waals surface area contributed by atoms with Gasteiger partial charge in [0.25, 0.3) is 0 Å². The highest BCUT2D eigenvalue weighted by Gasteiger charge is 2.20. The van der Waals surface area contributed by atoms with Crippen molar-refractivity contribution in [2.75, 3.05) is 6.54 Å². The van der Waals surface area contributed by atoms with Crippen LogP contribution in [0.5, 0.6) is 0 Å². The Morgan fingerprint density at radius 2 is 2.29 bits per heavy atom. The summed E-state index contributed by atoms with van der Waals surface area (Å²) in [6.07, 6.45) is 3.62. The van der Waals surface area contributed by atoms with Gasteiger partial charge in [0.15, 0.2) is 11.5 Å². The first-order chi connectivity index (χ1) is 8.40.